The normalized spacial score (nSPS) is 23.3. The van der Waals surface area contributed by atoms with E-state index in [0.717, 1.165) is 6.07 Å². The van der Waals surface area contributed by atoms with Crippen molar-refractivity contribution in [1.82, 2.24) is 4.98 Å². The molecule has 12 heteroatoms. The number of carbonyl (C=O) groups excluding carboxylic acids is 1. The number of nitrogens with two attached hydrogens (primary N) is 1. The Hall–Kier alpha value is -2.91. The van der Waals surface area contributed by atoms with E-state index in [2.05, 4.69) is 15.3 Å². The third kappa shape index (κ3) is 5.11. The van der Waals surface area contributed by atoms with E-state index < -0.39 is 34.0 Å². The molecule has 1 aliphatic rings. The highest BCUT2D eigenvalue weighted by molar-refractivity contribution is 6.58. The summed E-state index contributed by atoms with van der Waals surface area (Å²) in [4.78, 5) is 20.5. The van der Waals surface area contributed by atoms with Crippen molar-refractivity contribution in [1.29, 1.82) is 0 Å². The first-order valence-corrected chi connectivity index (χ1v) is 9.57. The molecule has 2 atom stereocenters. The fourth-order valence-corrected chi connectivity index (χ4v) is 3.27. The van der Waals surface area contributed by atoms with Gasteiger partial charge >= 0.3 is 0 Å². The number of benzene rings is 1. The summed E-state index contributed by atoms with van der Waals surface area (Å²) in [6.45, 7) is 2.79. The van der Waals surface area contributed by atoms with Gasteiger partial charge in [-0.25, -0.2) is 18.2 Å². The van der Waals surface area contributed by atoms with Crippen LogP contribution in [0.2, 0.25) is 0 Å². The van der Waals surface area contributed by atoms with Crippen LogP contribution in [0.4, 0.5) is 18.9 Å². The number of anilines is 1. The number of aromatic nitrogens is 1. The van der Waals surface area contributed by atoms with E-state index in [1.165, 1.54) is 38.2 Å². The standard InChI is InChI=1S/C20H18B3F3N4O2/c1-18(26)5-6-19(2,30-17(18)27)12-7-10(8-13(24)15(12)25)29-16(31)14-4-3-11(9-28-14)32-20(21,22)23/h3-4,7-9H,5-6H2,1-2H3,(H2,27,30)(H,29,31)/t18-,19+/m1/s1. The lowest BCUT2D eigenvalue weighted by Gasteiger charge is -2.36. The minimum Gasteiger partial charge on any atom is -0.514 e. The maximum atomic E-state index is 14.6. The summed E-state index contributed by atoms with van der Waals surface area (Å²) in [6.07, 6.45) is 1.23. The number of nitrogens with one attached hydrogen (secondary N) is 1. The Labute approximate surface area is 187 Å². The molecule has 1 aliphatic heterocycles. The number of nitrogens with zero attached hydrogens (tertiary/aromatic N) is 2. The Kier molecular flexibility index (Phi) is 6.10. The van der Waals surface area contributed by atoms with E-state index in [4.69, 9.17) is 34.0 Å². The number of amidine groups is 1. The van der Waals surface area contributed by atoms with Crippen LogP contribution in [-0.4, -0.2) is 51.2 Å². The first-order chi connectivity index (χ1) is 14.7. The van der Waals surface area contributed by atoms with Gasteiger partial charge in [0.15, 0.2) is 17.3 Å². The summed E-state index contributed by atoms with van der Waals surface area (Å²) in [5.41, 5.74) is 2.31. The Morgan fingerprint density at radius 2 is 1.91 bits per heavy atom. The molecule has 0 aliphatic carbocycles. The molecule has 2 aromatic rings. The van der Waals surface area contributed by atoms with Gasteiger partial charge in [-0.15, -0.1) is 0 Å². The lowest BCUT2D eigenvalue weighted by atomic mass is 9.52. The molecule has 0 saturated carbocycles. The zero-order chi connectivity index (χ0) is 23.9. The van der Waals surface area contributed by atoms with Crippen LogP contribution in [0.25, 0.3) is 0 Å². The molecule has 3 rings (SSSR count). The summed E-state index contributed by atoms with van der Waals surface area (Å²) in [7, 11) is 16.0. The van der Waals surface area contributed by atoms with Crippen LogP contribution >= 0.6 is 0 Å². The molecule has 6 radical (unpaired) electrons. The van der Waals surface area contributed by atoms with Crippen LogP contribution in [0.3, 0.4) is 0 Å². The van der Waals surface area contributed by atoms with Gasteiger partial charge in [0.25, 0.3) is 5.91 Å². The van der Waals surface area contributed by atoms with Crippen LogP contribution in [0.1, 0.15) is 42.7 Å². The second kappa shape index (κ2) is 8.22. The van der Waals surface area contributed by atoms with Gasteiger partial charge in [-0.2, -0.15) is 0 Å². The van der Waals surface area contributed by atoms with E-state index in [9.17, 15) is 18.0 Å². The fourth-order valence-electron chi connectivity index (χ4n) is 3.27. The summed E-state index contributed by atoms with van der Waals surface area (Å²) in [5, 5.41) is 0.519. The Morgan fingerprint density at radius 1 is 1.22 bits per heavy atom. The molecular weight excluding hydrogens is 418 g/mol. The third-order valence-electron chi connectivity index (χ3n) is 5.11. The average Bonchev–Trinajstić information content (AvgIpc) is 2.67. The molecule has 3 N–H and O–H groups in total. The van der Waals surface area contributed by atoms with Crippen molar-refractivity contribution in [2.24, 2.45) is 10.7 Å². The fraction of sp³-hybridized carbons (Fsp3) is 0.350. The summed E-state index contributed by atoms with van der Waals surface area (Å²) >= 11 is 0. The van der Waals surface area contributed by atoms with Gasteiger partial charge in [-0.1, -0.05) is 0 Å². The van der Waals surface area contributed by atoms with Crippen LogP contribution in [-0.2, 0) is 5.54 Å². The van der Waals surface area contributed by atoms with Gasteiger partial charge in [0.2, 0.25) is 0 Å². The number of hydrogen-bond acceptors (Lipinski definition) is 5. The number of pyridine rings is 1. The minimum absolute atomic E-state index is 0.0233. The minimum atomic E-state index is -1.92. The molecule has 32 heavy (non-hydrogen) atoms. The number of halogens is 3. The predicted octanol–water partition coefficient (Wildman–Crippen LogP) is 2.20. The zero-order valence-electron chi connectivity index (χ0n) is 17.5. The number of hydrogen-bond donors (Lipinski definition) is 2. The van der Waals surface area contributed by atoms with Gasteiger partial charge in [0.1, 0.15) is 40.8 Å². The SMILES string of the molecule is [B]C([B])([B])Oc1ccc(C(=O)Nc2cc(F)c(F)c([C@]3(C)CC[C@@](C)(F)C(N)=N3)c2)nc1. The van der Waals surface area contributed by atoms with E-state index in [-0.39, 0.29) is 41.4 Å². The highest BCUT2D eigenvalue weighted by Gasteiger charge is 2.42. The van der Waals surface area contributed by atoms with Crippen LogP contribution in [0.15, 0.2) is 35.5 Å². The van der Waals surface area contributed by atoms with Gasteiger partial charge in [-0.3, -0.25) is 9.79 Å². The first kappa shape index (κ1) is 23.8. The summed E-state index contributed by atoms with van der Waals surface area (Å²) in [5.74, 6) is -3.25. The Balaban J connectivity index is 1.87. The lowest BCUT2D eigenvalue weighted by molar-refractivity contribution is 0.102. The van der Waals surface area contributed by atoms with Crippen molar-refractivity contribution < 1.29 is 22.7 Å². The predicted molar refractivity (Wildman–Crippen MR) is 117 cm³/mol. The summed E-state index contributed by atoms with van der Waals surface area (Å²) in [6, 6.07) is 4.70. The van der Waals surface area contributed by atoms with Crippen molar-refractivity contribution >= 4 is 41.0 Å². The smallest absolute Gasteiger partial charge is 0.274 e. The summed E-state index contributed by atoms with van der Waals surface area (Å²) < 4.78 is 48.3. The van der Waals surface area contributed by atoms with E-state index in [1.54, 1.807) is 0 Å². The molecule has 1 amide bonds. The maximum absolute atomic E-state index is 14.6. The van der Waals surface area contributed by atoms with Gasteiger partial charge in [-0.05, 0) is 50.2 Å². The zero-order valence-corrected chi connectivity index (χ0v) is 17.5. The number of rotatable bonds is 5. The molecule has 0 spiro atoms. The van der Waals surface area contributed by atoms with Crippen LogP contribution < -0.4 is 15.8 Å². The van der Waals surface area contributed by atoms with Gasteiger partial charge in [0.05, 0.1) is 11.7 Å². The molecule has 6 nitrogen and oxygen atoms in total. The molecular formula is C20H18B3F3N4O2. The Bertz CT molecular complexity index is 1070. The van der Waals surface area contributed by atoms with Gasteiger partial charge in [0, 0.05) is 17.3 Å². The highest BCUT2D eigenvalue weighted by atomic mass is 19.2. The average molecular weight is 436 g/mol. The van der Waals surface area contributed by atoms with E-state index >= 15 is 0 Å². The van der Waals surface area contributed by atoms with Crippen molar-refractivity contribution in [2.75, 3.05) is 5.32 Å². The molecule has 2 heterocycles. The second-order valence-corrected chi connectivity index (χ2v) is 8.08. The van der Waals surface area contributed by atoms with Crippen molar-refractivity contribution in [3.05, 3.63) is 53.4 Å². The van der Waals surface area contributed by atoms with Gasteiger partial charge < -0.3 is 15.8 Å². The number of ether oxygens (including phenoxy) is 1. The molecule has 0 fully saturated rings. The largest absolute Gasteiger partial charge is 0.514 e. The Morgan fingerprint density at radius 3 is 2.47 bits per heavy atom. The topological polar surface area (TPSA) is 89.6 Å². The van der Waals surface area contributed by atoms with Crippen molar-refractivity contribution in [3.63, 3.8) is 0 Å². The van der Waals surface area contributed by atoms with Crippen molar-refractivity contribution in [2.45, 2.75) is 43.2 Å². The molecule has 1 aromatic heterocycles. The van der Waals surface area contributed by atoms with Crippen LogP contribution in [0.5, 0.6) is 5.75 Å². The third-order valence-corrected chi connectivity index (χ3v) is 5.11. The lowest BCUT2D eigenvalue weighted by Crippen LogP contribution is -2.45. The second-order valence-electron chi connectivity index (χ2n) is 8.08. The van der Waals surface area contributed by atoms with Crippen LogP contribution in [0, 0.1) is 11.6 Å². The first-order valence-electron chi connectivity index (χ1n) is 9.57. The molecule has 1 aromatic carbocycles. The monoisotopic (exact) mass is 436 g/mol. The molecule has 0 bridgehead atoms. The molecule has 160 valence electrons. The molecule has 0 saturated heterocycles. The van der Waals surface area contributed by atoms with E-state index in [0.29, 0.717) is 0 Å². The number of alkyl halides is 1. The molecule has 0 unspecified atom stereocenters. The number of carbonyl (C=O) groups is 1. The number of amides is 1. The number of aliphatic imine (C=N–C) groups is 1. The maximum Gasteiger partial charge on any atom is 0.274 e. The quantitative estimate of drug-likeness (QED) is 0.705. The van der Waals surface area contributed by atoms with Crippen molar-refractivity contribution in [3.8, 4) is 5.75 Å². The highest BCUT2D eigenvalue weighted by Crippen LogP contribution is 2.41. The van der Waals surface area contributed by atoms with E-state index in [1.807, 2.05) is 0 Å².